The fourth-order valence-corrected chi connectivity index (χ4v) is 3.14. The van der Waals surface area contributed by atoms with Gasteiger partial charge in [0.25, 0.3) is 5.91 Å². The van der Waals surface area contributed by atoms with Crippen molar-refractivity contribution in [2.24, 2.45) is 0 Å². The van der Waals surface area contributed by atoms with E-state index in [-0.39, 0.29) is 17.5 Å². The van der Waals surface area contributed by atoms with Crippen LogP contribution in [0.4, 0.5) is 5.69 Å². The highest BCUT2D eigenvalue weighted by atomic mass is 79.9. The molecule has 0 saturated carbocycles. The number of hydrogen-bond donors (Lipinski definition) is 1. The third-order valence-electron chi connectivity index (χ3n) is 3.78. The summed E-state index contributed by atoms with van der Waals surface area (Å²) in [7, 11) is 3.91. The third kappa shape index (κ3) is 4.94. The van der Waals surface area contributed by atoms with E-state index in [9.17, 15) is 10.1 Å². The highest BCUT2D eigenvalue weighted by molar-refractivity contribution is 9.10. The summed E-state index contributed by atoms with van der Waals surface area (Å²) in [5.41, 5.74) is 2.88. The molecule has 1 N–H and O–H groups in total. The highest BCUT2D eigenvalue weighted by Crippen LogP contribution is 2.26. The lowest BCUT2D eigenvalue weighted by molar-refractivity contribution is -0.117. The van der Waals surface area contributed by atoms with Crippen molar-refractivity contribution < 1.29 is 4.79 Å². The molecule has 128 valence electrons. The van der Waals surface area contributed by atoms with Gasteiger partial charge in [0.1, 0.15) is 11.6 Å². The van der Waals surface area contributed by atoms with E-state index >= 15 is 0 Å². The average molecular weight is 398 g/mol. The van der Waals surface area contributed by atoms with Crippen LogP contribution in [-0.4, -0.2) is 20.0 Å². The first-order valence-corrected chi connectivity index (χ1v) is 8.66. The number of rotatable bonds is 5. The minimum Gasteiger partial charge on any atom is -0.377 e. The molecule has 0 saturated heterocycles. The molecule has 0 aromatic heterocycles. The van der Waals surface area contributed by atoms with E-state index in [0.29, 0.717) is 0 Å². The Balaban J connectivity index is 2.18. The number of nitrogens with one attached hydrogen (secondary N) is 1. The lowest BCUT2D eigenvalue weighted by Gasteiger charge is -2.15. The summed E-state index contributed by atoms with van der Waals surface area (Å²) in [4.78, 5) is 14.4. The number of benzene rings is 2. The molecule has 0 aliphatic rings. The van der Waals surface area contributed by atoms with Crippen molar-refractivity contribution in [1.29, 1.82) is 5.26 Å². The van der Waals surface area contributed by atoms with E-state index in [4.69, 9.17) is 0 Å². The molecule has 1 amide bonds. The fraction of sp³-hybridized carbons (Fsp3) is 0.200. The summed E-state index contributed by atoms with van der Waals surface area (Å²) >= 11 is 3.51. The van der Waals surface area contributed by atoms with Crippen LogP contribution in [0.15, 0.2) is 58.6 Å². The first kappa shape index (κ1) is 18.8. The van der Waals surface area contributed by atoms with E-state index in [1.807, 2.05) is 80.5 Å². The molecule has 0 aliphatic heterocycles. The Morgan fingerprint density at radius 2 is 1.92 bits per heavy atom. The minimum atomic E-state index is -0.383. The van der Waals surface area contributed by atoms with Gasteiger partial charge in [-0.05, 0) is 52.2 Å². The van der Waals surface area contributed by atoms with Gasteiger partial charge in [-0.25, -0.2) is 0 Å². The number of hydrogen-bond acceptors (Lipinski definition) is 3. The Morgan fingerprint density at radius 1 is 1.24 bits per heavy atom. The first-order valence-electron chi connectivity index (χ1n) is 7.87. The Kier molecular flexibility index (Phi) is 6.37. The summed E-state index contributed by atoms with van der Waals surface area (Å²) < 4.78 is 0.904. The van der Waals surface area contributed by atoms with Crippen LogP contribution >= 0.6 is 15.9 Å². The summed E-state index contributed by atoms with van der Waals surface area (Å²) in [6.45, 7) is 1.89. The number of nitriles is 1. The summed E-state index contributed by atoms with van der Waals surface area (Å²) in [6, 6.07) is 17.2. The number of amides is 1. The van der Waals surface area contributed by atoms with Gasteiger partial charge in [-0.3, -0.25) is 4.79 Å². The highest BCUT2D eigenvalue weighted by Gasteiger charge is 2.14. The van der Waals surface area contributed by atoms with Crippen molar-refractivity contribution in [2.45, 2.75) is 13.0 Å². The molecule has 0 aliphatic carbocycles. The molecule has 2 aromatic rings. The van der Waals surface area contributed by atoms with Crippen molar-refractivity contribution in [3.8, 4) is 6.07 Å². The van der Waals surface area contributed by atoms with Gasteiger partial charge >= 0.3 is 0 Å². The zero-order chi connectivity index (χ0) is 18.4. The van der Waals surface area contributed by atoms with Crippen LogP contribution in [0.25, 0.3) is 6.08 Å². The van der Waals surface area contributed by atoms with Crippen LogP contribution < -0.4 is 10.2 Å². The third-order valence-corrected chi connectivity index (χ3v) is 4.41. The normalized spacial score (nSPS) is 12.2. The lowest BCUT2D eigenvalue weighted by atomic mass is 10.1. The largest absolute Gasteiger partial charge is 0.377 e. The fourth-order valence-electron chi connectivity index (χ4n) is 2.39. The SMILES string of the molecule is CC(NC(=O)/C(C#N)=C/c1ccc(N(C)C)c(Br)c1)c1ccccc1. The monoisotopic (exact) mass is 397 g/mol. The van der Waals surface area contributed by atoms with Gasteiger partial charge < -0.3 is 10.2 Å². The van der Waals surface area contributed by atoms with Crippen LogP contribution in [0.5, 0.6) is 0 Å². The topological polar surface area (TPSA) is 56.1 Å². The maximum atomic E-state index is 12.4. The molecule has 0 bridgehead atoms. The van der Waals surface area contributed by atoms with Crippen LogP contribution in [0.3, 0.4) is 0 Å². The van der Waals surface area contributed by atoms with Gasteiger partial charge in [0.05, 0.1) is 11.7 Å². The number of nitrogens with zero attached hydrogens (tertiary/aromatic N) is 2. The van der Waals surface area contributed by atoms with Gasteiger partial charge in [-0.1, -0.05) is 36.4 Å². The van der Waals surface area contributed by atoms with Gasteiger partial charge in [0.2, 0.25) is 0 Å². The number of carbonyl (C=O) groups is 1. The van der Waals surface area contributed by atoms with Gasteiger partial charge in [0, 0.05) is 18.6 Å². The molecule has 0 heterocycles. The van der Waals surface area contributed by atoms with Crippen LogP contribution in [0.2, 0.25) is 0 Å². The van der Waals surface area contributed by atoms with E-state index in [1.165, 1.54) is 0 Å². The molecule has 0 fully saturated rings. The van der Waals surface area contributed by atoms with E-state index in [0.717, 1.165) is 21.3 Å². The standard InChI is InChI=1S/C20H20BrN3O/c1-14(16-7-5-4-6-8-16)23-20(25)17(13-22)11-15-9-10-19(24(2)3)18(21)12-15/h4-12,14H,1-3H3,(H,23,25)/b17-11+. The lowest BCUT2D eigenvalue weighted by Crippen LogP contribution is -2.27. The van der Waals surface area contributed by atoms with Crippen LogP contribution in [-0.2, 0) is 4.79 Å². The number of anilines is 1. The summed E-state index contributed by atoms with van der Waals surface area (Å²) in [5.74, 6) is -0.383. The van der Waals surface area contributed by atoms with Crippen molar-refractivity contribution in [2.75, 3.05) is 19.0 Å². The number of carbonyl (C=O) groups excluding carboxylic acids is 1. The molecular weight excluding hydrogens is 378 g/mol. The van der Waals surface area contributed by atoms with Crippen molar-refractivity contribution >= 4 is 33.6 Å². The molecule has 1 atom stereocenters. The van der Waals surface area contributed by atoms with Crippen LogP contribution in [0, 0.1) is 11.3 Å². The molecule has 2 rings (SSSR count). The molecule has 0 radical (unpaired) electrons. The Labute approximate surface area is 156 Å². The molecular formula is C20H20BrN3O. The van der Waals surface area contributed by atoms with Crippen molar-refractivity contribution in [3.05, 3.63) is 69.7 Å². The maximum Gasteiger partial charge on any atom is 0.262 e. The van der Waals surface area contributed by atoms with Gasteiger partial charge in [-0.15, -0.1) is 0 Å². The smallest absolute Gasteiger partial charge is 0.262 e. The molecule has 0 spiro atoms. The predicted molar refractivity (Wildman–Crippen MR) is 105 cm³/mol. The zero-order valence-corrected chi connectivity index (χ0v) is 16.0. The van der Waals surface area contributed by atoms with Crippen LogP contribution in [0.1, 0.15) is 24.1 Å². The zero-order valence-electron chi connectivity index (χ0n) is 14.5. The second-order valence-electron chi connectivity index (χ2n) is 5.88. The number of halogens is 1. The molecule has 25 heavy (non-hydrogen) atoms. The van der Waals surface area contributed by atoms with Gasteiger partial charge in [0.15, 0.2) is 0 Å². The van der Waals surface area contributed by atoms with Crippen molar-refractivity contribution in [1.82, 2.24) is 5.32 Å². The molecule has 1 unspecified atom stereocenters. The Hall–Kier alpha value is -2.58. The average Bonchev–Trinajstić information content (AvgIpc) is 2.60. The quantitative estimate of drug-likeness (QED) is 0.604. The summed E-state index contributed by atoms with van der Waals surface area (Å²) in [6.07, 6.45) is 1.59. The first-order chi connectivity index (χ1) is 11.9. The second-order valence-corrected chi connectivity index (χ2v) is 6.74. The maximum absolute atomic E-state index is 12.4. The van der Waals surface area contributed by atoms with E-state index < -0.39 is 0 Å². The Bertz CT molecular complexity index is 823. The van der Waals surface area contributed by atoms with Crippen molar-refractivity contribution in [3.63, 3.8) is 0 Å². The van der Waals surface area contributed by atoms with Gasteiger partial charge in [-0.2, -0.15) is 5.26 Å². The molecule has 5 heteroatoms. The predicted octanol–water partition coefficient (Wildman–Crippen LogP) is 4.30. The molecule has 2 aromatic carbocycles. The summed E-state index contributed by atoms with van der Waals surface area (Å²) in [5, 5.41) is 12.2. The van der Waals surface area contributed by atoms with E-state index in [2.05, 4.69) is 21.2 Å². The van der Waals surface area contributed by atoms with E-state index in [1.54, 1.807) is 6.08 Å². The second kappa shape index (κ2) is 8.50. The minimum absolute atomic E-state index is 0.0762. The Morgan fingerprint density at radius 3 is 2.48 bits per heavy atom. The molecule has 4 nitrogen and oxygen atoms in total.